The molecule has 2 aromatic rings. The van der Waals surface area contributed by atoms with Gasteiger partial charge in [0.25, 0.3) is 5.91 Å². The zero-order chi connectivity index (χ0) is 19.4. The molecular weight excluding hydrogens is 332 g/mol. The first kappa shape index (κ1) is 19.7. The summed E-state index contributed by atoms with van der Waals surface area (Å²) in [6.07, 6.45) is -0.685. The number of aliphatic hydroxyl groups excluding tert-OH is 1. The van der Waals surface area contributed by atoms with Crippen LogP contribution in [0.1, 0.15) is 51.5 Å². The standard InChI is InChI=1S/C20H26N2O4/c1-12-6-8-16(9-7-12)10-22(5)17(24)11-26-20(25)19-13(2)18(15(4)23)14(3)21-19/h6-9,15,21,23H,10-11H2,1-5H3/t15-/m1/s1. The summed E-state index contributed by atoms with van der Waals surface area (Å²) in [6.45, 7) is 7.29. The zero-order valence-electron chi connectivity index (χ0n) is 15.9. The largest absolute Gasteiger partial charge is 0.451 e. The Hall–Kier alpha value is -2.60. The molecule has 140 valence electrons. The normalized spacial score (nSPS) is 11.9. The quantitative estimate of drug-likeness (QED) is 0.778. The minimum atomic E-state index is -0.685. The Morgan fingerprint density at radius 3 is 2.35 bits per heavy atom. The molecule has 0 bridgehead atoms. The predicted octanol–water partition coefficient (Wildman–Crippen LogP) is 2.81. The molecule has 0 aliphatic carbocycles. The van der Waals surface area contributed by atoms with E-state index in [1.54, 1.807) is 27.8 Å². The Morgan fingerprint density at radius 2 is 1.81 bits per heavy atom. The fraction of sp³-hybridized carbons (Fsp3) is 0.400. The van der Waals surface area contributed by atoms with E-state index in [9.17, 15) is 14.7 Å². The van der Waals surface area contributed by atoms with Gasteiger partial charge in [-0.15, -0.1) is 0 Å². The number of likely N-dealkylation sites (N-methyl/N-ethyl adjacent to an activating group) is 1. The number of rotatable bonds is 6. The van der Waals surface area contributed by atoms with Crippen molar-refractivity contribution in [3.05, 3.63) is 57.9 Å². The molecule has 1 aromatic carbocycles. The number of carbonyl (C=O) groups is 2. The fourth-order valence-electron chi connectivity index (χ4n) is 2.96. The number of nitrogens with zero attached hydrogens (tertiary/aromatic N) is 1. The summed E-state index contributed by atoms with van der Waals surface area (Å²) in [5.41, 5.74) is 4.47. The van der Waals surface area contributed by atoms with E-state index >= 15 is 0 Å². The minimum absolute atomic E-state index is 0.271. The summed E-state index contributed by atoms with van der Waals surface area (Å²) in [6, 6.07) is 7.91. The summed E-state index contributed by atoms with van der Waals surface area (Å²) in [5.74, 6) is -0.884. The molecule has 0 fully saturated rings. The van der Waals surface area contributed by atoms with E-state index in [-0.39, 0.29) is 18.2 Å². The van der Waals surface area contributed by atoms with E-state index in [2.05, 4.69) is 4.98 Å². The first-order valence-corrected chi connectivity index (χ1v) is 8.54. The highest BCUT2D eigenvalue weighted by molar-refractivity contribution is 5.91. The molecular formula is C20H26N2O4. The second-order valence-corrected chi connectivity index (χ2v) is 6.65. The summed E-state index contributed by atoms with van der Waals surface area (Å²) < 4.78 is 5.15. The lowest BCUT2D eigenvalue weighted by Crippen LogP contribution is -2.31. The lowest BCUT2D eigenvalue weighted by atomic mass is 10.1. The first-order chi connectivity index (χ1) is 12.2. The van der Waals surface area contributed by atoms with E-state index in [1.807, 2.05) is 31.2 Å². The Morgan fingerprint density at radius 1 is 1.19 bits per heavy atom. The molecule has 0 spiro atoms. The van der Waals surface area contributed by atoms with Crippen molar-refractivity contribution in [1.82, 2.24) is 9.88 Å². The number of benzene rings is 1. The smallest absolute Gasteiger partial charge is 0.355 e. The van der Waals surface area contributed by atoms with Crippen LogP contribution in [-0.4, -0.2) is 40.5 Å². The molecule has 2 rings (SSSR count). The molecule has 6 heteroatoms. The van der Waals surface area contributed by atoms with Gasteiger partial charge in [0, 0.05) is 24.8 Å². The molecule has 0 unspecified atom stereocenters. The highest BCUT2D eigenvalue weighted by Gasteiger charge is 2.22. The SMILES string of the molecule is Cc1ccc(CN(C)C(=O)COC(=O)c2[nH]c(C)c([C@@H](C)O)c2C)cc1. The van der Waals surface area contributed by atoms with Gasteiger partial charge in [-0.1, -0.05) is 29.8 Å². The number of aryl methyl sites for hydroxylation is 2. The zero-order valence-corrected chi connectivity index (χ0v) is 15.9. The Kier molecular flexibility index (Phi) is 6.21. The monoisotopic (exact) mass is 358 g/mol. The van der Waals surface area contributed by atoms with Crippen LogP contribution in [0.3, 0.4) is 0 Å². The van der Waals surface area contributed by atoms with Crippen LogP contribution in [0.2, 0.25) is 0 Å². The van der Waals surface area contributed by atoms with E-state index < -0.39 is 12.1 Å². The average molecular weight is 358 g/mol. The third kappa shape index (κ3) is 4.52. The summed E-state index contributed by atoms with van der Waals surface area (Å²) in [5, 5.41) is 9.80. The van der Waals surface area contributed by atoms with Gasteiger partial charge >= 0.3 is 5.97 Å². The van der Waals surface area contributed by atoms with Crippen LogP contribution in [0.25, 0.3) is 0 Å². The van der Waals surface area contributed by atoms with Gasteiger partial charge in [0.1, 0.15) is 5.69 Å². The molecule has 1 amide bonds. The molecule has 6 nitrogen and oxygen atoms in total. The van der Waals surface area contributed by atoms with E-state index in [0.29, 0.717) is 23.4 Å². The number of H-pyrrole nitrogens is 1. The van der Waals surface area contributed by atoms with Gasteiger partial charge in [-0.3, -0.25) is 4.79 Å². The lowest BCUT2D eigenvalue weighted by molar-refractivity contribution is -0.133. The fourth-order valence-corrected chi connectivity index (χ4v) is 2.96. The van der Waals surface area contributed by atoms with Gasteiger partial charge in [0.05, 0.1) is 6.10 Å². The highest BCUT2D eigenvalue weighted by atomic mass is 16.5. The van der Waals surface area contributed by atoms with Crippen molar-refractivity contribution >= 4 is 11.9 Å². The van der Waals surface area contributed by atoms with Crippen molar-refractivity contribution in [1.29, 1.82) is 0 Å². The molecule has 1 heterocycles. The molecule has 0 aliphatic rings. The van der Waals surface area contributed by atoms with Crippen LogP contribution < -0.4 is 0 Å². The van der Waals surface area contributed by atoms with Crippen LogP contribution in [0.4, 0.5) is 0 Å². The van der Waals surface area contributed by atoms with Gasteiger partial charge in [0.2, 0.25) is 0 Å². The number of carbonyl (C=O) groups excluding carboxylic acids is 2. The molecule has 1 aromatic heterocycles. The molecule has 0 radical (unpaired) electrons. The minimum Gasteiger partial charge on any atom is -0.451 e. The van der Waals surface area contributed by atoms with E-state index in [4.69, 9.17) is 4.74 Å². The molecule has 0 aliphatic heterocycles. The topological polar surface area (TPSA) is 82.6 Å². The molecule has 0 saturated heterocycles. The van der Waals surface area contributed by atoms with Crippen molar-refractivity contribution in [2.75, 3.05) is 13.7 Å². The van der Waals surface area contributed by atoms with Gasteiger partial charge in [-0.2, -0.15) is 0 Å². The van der Waals surface area contributed by atoms with Gasteiger partial charge in [0.15, 0.2) is 6.61 Å². The molecule has 2 N–H and O–H groups in total. The summed E-state index contributed by atoms with van der Waals surface area (Å²) in [7, 11) is 1.67. The molecule has 1 atom stereocenters. The second-order valence-electron chi connectivity index (χ2n) is 6.65. The van der Waals surface area contributed by atoms with Crippen molar-refractivity contribution in [2.24, 2.45) is 0 Å². The Labute approximate surface area is 153 Å². The summed E-state index contributed by atoms with van der Waals surface area (Å²) in [4.78, 5) is 28.9. The van der Waals surface area contributed by atoms with E-state index in [0.717, 1.165) is 11.1 Å². The van der Waals surface area contributed by atoms with Crippen LogP contribution in [0, 0.1) is 20.8 Å². The number of aromatic nitrogens is 1. The van der Waals surface area contributed by atoms with E-state index in [1.165, 1.54) is 4.90 Å². The van der Waals surface area contributed by atoms with Gasteiger partial charge in [-0.25, -0.2) is 4.79 Å². The summed E-state index contributed by atoms with van der Waals surface area (Å²) >= 11 is 0. The van der Waals surface area contributed by atoms with Crippen LogP contribution in [0.5, 0.6) is 0 Å². The highest BCUT2D eigenvalue weighted by Crippen LogP contribution is 2.24. The van der Waals surface area contributed by atoms with Gasteiger partial charge < -0.3 is 19.7 Å². The van der Waals surface area contributed by atoms with Crippen molar-refractivity contribution in [2.45, 2.75) is 40.3 Å². The number of hydrogen-bond acceptors (Lipinski definition) is 4. The maximum Gasteiger partial charge on any atom is 0.355 e. The molecule has 26 heavy (non-hydrogen) atoms. The first-order valence-electron chi connectivity index (χ1n) is 8.54. The number of hydrogen-bond donors (Lipinski definition) is 2. The van der Waals surface area contributed by atoms with Crippen LogP contribution in [0.15, 0.2) is 24.3 Å². The van der Waals surface area contributed by atoms with Crippen LogP contribution >= 0.6 is 0 Å². The van der Waals surface area contributed by atoms with Crippen molar-refractivity contribution in [3.8, 4) is 0 Å². The van der Waals surface area contributed by atoms with Crippen molar-refractivity contribution in [3.63, 3.8) is 0 Å². The predicted molar refractivity (Wildman–Crippen MR) is 98.8 cm³/mol. The number of amides is 1. The number of esters is 1. The number of nitrogens with one attached hydrogen (secondary N) is 1. The number of aromatic amines is 1. The van der Waals surface area contributed by atoms with Gasteiger partial charge in [-0.05, 0) is 38.8 Å². The maximum atomic E-state index is 12.3. The average Bonchev–Trinajstić information content (AvgIpc) is 2.89. The lowest BCUT2D eigenvalue weighted by Gasteiger charge is -2.17. The number of ether oxygens (including phenoxy) is 1. The third-order valence-electron chi connectivity index (χ3n) is 4.41. The van der Waals surface area contributed by atoms with Crippen LogP contribution in [-0.2, 0) is 16.1 Å². The molecule has 0 saturated carbocycles. The Balaban J connectivity index is 1.95. The second kappa shape index (κ2) is 8.19. The van der Waals surface area contributed by atoms with Crippen molar-refractivity contribution < 1.29 is 19.4 Å². The Bertz CT molecular complexity index is 791. The third-order valence-corrected chi connectivity index (χ3v) is 4.41. The number of aliphatic hydroxyl groups is 1. The maximum absolute atomic E-state index is 12.3.